The van der Waals surface area contributed by atoms with Gasteiger partial charge in [0.1, 0.15) is 0 Å². The minimum atomic E-state index is -0.157. The summed E-state index contributed by atoms with van der Waals surface area (Å²) in [4.78, 5) is 23.6. The maximum absolute atomic E-state index is 12.2. The molecule has 1 aromatic heterocycles. The van der Waals surface area contributed by atoms with Crippen molar-refractivity contribution < 1.29 is 4.79 Å². The molecule has 1 fully saturated rings. The van der Waals surface area contributed by atoms with Gasteiger partial charge < -0.3 is 9.88 Å². The van der Waals surface area contributed by atoms with Crippen molar-refractivity contribution in [3.63, 3.8) is 0 Å². The molecule has 1 atom stereocenters. The number of nitrogens with zero attached hydrogens (tertiary/aromatic N) is 1. The highest BCUT2D eigenvalue weighted by Crippen LogP contribution is 2.13. The fourth-order valence-corrected chi connectivity index (χ4v) is 2.50. The smallest absolute Gasteiger partial charge is 0.261 e. The third-order valence-electron chi connectivity index (χ3n) is 3.61. The zero-order chi connectivity index (χ0) is 13.1. The van der Waals surface area contributed by atoms with Crippen LogP contribution in [0.5, 0.6) is 0 Å². The lowest BCUT2D eigenvalue weighted by atomic mass is 9.99. The van der Waals surface area contributed by atoms with E-state index in [0.717, 1.165) is 31.6 Å². The van der Waals surface area contributed by atoms with E-state index in [1.165, 1.54) is 6.92 Å². The van der Waals surface area contributed by atoms with Crippen LogP contribution in [0.25, 0.3) is 0 Å². The predicted octanol–water partition coefficient (Wildman–Crippen LogP) is 1.36. The molecule has 1 aromatic rings. The Balaban J connectivity index is 2.28. The van der Waals surface area contributed by atoms with Gasteiger partial charge in [-0.15, -0.1) is 0 Å². The van der Waals surface area contributed by atoms with Crippen LogP contribution in [0.4, 0.5) is 0 Å². The van der Waals surface area contributed by atoms with Gasteiger partial charge in [0.2, 0.25) is 0 Å². The average molecular weight is 248 g/mol. The molecule has 2 heterocycles. The molecule has 0 amide bonds. The lowest BCUT2D eigenvalue weighted by Crippen LogP contribution is -2.36. The number of nitrogens with one attached hydrogen (secondary N) is 1. The van der Waals surface area contributed by atoms with Crippen molar-refractivity contribution in [2.24, 2.45) is 5.92 Å². The quantitative estimate of drug-likeness (QED) is 0.822. The molecular formula is C14H20N2O2. The van der Waals surface area contributed by atoms with Gasteiger partial charge in [0.05, 0.1) is 5.56 Å². The van der Waals surface area contributed by atoms with Gasteiger partial charge >= 0.3 is 0 Å². The number of hydrogen-bond donors (Lipinski definition) is 1. The van der Waals surface area contributed by atoms with Crippen LogP contribution in [0.2, 0.25) is 0 Å². The van der Waals surface area contributed by atoms with E-state index in [1.54, 1.807) is 10.6 Å². The van der Waals surface area contributed by atoms with Crippen LogP contribution in [0.3, 0.4) is 0 Å². The van der Waals surface area contributed by atoms with Gasteiger partial charge in [0.25, 0.3) is 5.56 Å². The molecule has 0 spiro atoms. The molecule has 1 N–H and O–H groups in total. The van der Waals surface area contributed by atoms with Crippen LogP contribution in [0, 0.1) is 12.8 Å². The fourth-order valence-electron chi connectivity index (χ4n) is 2.50. The van der Waals surface area contributed by atoms with Gasteiger partial charge in [-0.3, -0.25) is 9.59 Å². The predicted molar refractivity (Wildman–Crippen MR) is 71.0 cm³/mol. The van der Waals surface area contributed by atoms with Crippen LogP contribution in [0.15, 0.2) is 16.9 Å². The van der Waals surface area contributed by atoms with Crippen LogP contribution < -0.4 is 10.9 Å². The van der Waals surface area contributed by atoms with Crippen molar-refractivity contribution >= 4 is 5.78 Å². The van der Waals surface area contributed by atoms with E-state index in [4.69, 9.17) is 0 Å². The summed E-state index contributed by atoms with van der Waals surface area (Å²) in [5.74, 6) is 0.327. The molecule has 0 saturated carbocycles. The van der Waals surface area contributed by atoms with E-state index in [9.17, 15) is 9.59 Å². The summed E-state index contributed by atoms with van der Waals surface area (Å²) in [5.41, 5.74) is 1.08. The second-order valence-electron chi connectivity index (χ2n) is 5.07. The largest absolute Gasteiger partial charge is 0.316 e. The van der Waals surface area contributed by atoms with E-state index in [-0.39, 0.29) is 11.3 Å². The Labute approximate surface area is 107 Å². The first-order valence-electron chi connectivity index (χ1n) is 6.51. The molecule has 0 radical (unpaired) electrons. The summed E-state index contributed by atoms with van der Waals surface area (Å²) in [6, 6.07) is 3.49. The summed E-state index contributed by atoms with van der Waals surface area (Å²) in [7, 11) is 0. The van der Waals surface area contributed by atoms with Crippen LogP contribution in [-0.2, 0) is 6.54 Å². The minimum absolute atomic E-state index is 0.145. The number of aryl methyl sites for hydroxylation is 1. The average Bonchev–Trinajstić information content (AvgIpc) is 2.35. The second kappa shape index (κ2) is 5.48. The van der Waals surface area contributed by atoms with Crippen molar-refractivity contribution in [1.82, 2.24) is 9.88 Å². The Morgan fingerprint density at radius 3 is 2.89 bits per heavy atom. The normalized spacial score (nSPS) is 19.8. The van der Waals surface area contributed by atoms with E-state index in [1.807, 2.05) is 13.0 Å². The highest BCUT2D eigenvalue weighted by molar-refractivity contribution is 5.93. The molecule has 4 heteroatoms. The molecule has 0 bridgehead atoms. The zero-order valence-electron chi connectivity index (χ0n) is 11.0. The summed E-state index contributed by atoms with van der Waals surface area (Å²) in [5, 5.41) is 3.35. The number of carbonyl (C=O) groups excluding carboxylic acids is 1. The van der Waals surface area contributed by atoms with Crippen LogP contribution in [-0.4, -0.2) is 23.4 Å². The van der Waals surface area contributed by atoms with Crippen molar-refractivity contribution in [1.29, 1.82) is 0 Å². The number of pyridine rings is 1. The molecule has 98 valence electrons. The number of aromatic nitrogens is 1. The van der Waals surface area contributed by atoms with Gasteiger partial charge in [-0.1, -0.05) is 0 Å². The Kier molecular flexibility index (Phi) is 3.97. The first-order valence-corrected chi connectivity index (χ1v) is 6.51. The van der Waals surface area contributed by atoms with Gasteiger partial charge in [0.15, 0.2) is 5.78 Å². The van der Waals surface area contributed by atoms with E-state index >= 15 is 0 Å². The third-order valence-corrected chi connectivity index (χ3v) is 3.61. The topological polar surface area (TPSA) is 51.1 Å². The number of hydrogen-bond acceptors (Lipinski definition) is 3. The molecule has 0 aromatic carbocycles. The number of Topliss-reactive ketones (excluding diaryl/α,β-unsaturated/α-hetero) is 1. The van der Waals surface area contributed by atoms with Crippen LogP contribution in [0.1, 0.15) is 35.8 Å². The number of carbonyl (C=O) groups is 1. The highest BCUT2D eigenvalue weighted by Gasteiger charge is 2.16. The molecule has 4 nitrogen and oxygen atoms in total. The van der Waals surface area contributed by atoms with E-state index < -0.39 is 0 Å². The van der Waals surface area contributed by atoms with E-state index in [0.29, 0.717) is 18.0 Å². The first-order chi connectivity index (χ1) is 8.59. The summed E-state index contributed by atoms with van der Waals surface area (Å²) in [6.45, 7) is 6.09. The second-order valence-corrected chi connectivity index (χ2v) is 5.07. The maximum atomic E-state index is 12.2. The Morgan fingerprint density at radius 1 is 1.50 bits per heavy atom. The summed E-state index contributed by atoms with van der Waals surface area (Å²) in [6.07, 6.45) is 2.30. The Hall–Kier alpha value is -1.42. The molecule has 1 saturated heterocycles. The zero-order valence-corrected chi connectivity index (χ0v) is 11.0. The van der Waals surface area contributed by atoms with Gasteiger partial charge in [-0.2, -0.15) is 0 Å². The Morgan fingerprint density at radius 2 is 2.28 bits per heavy atom. The van der Waals surface area contributed by atoms with Crippen molar-refractivity contribution in [3.05, 3.63) is 33.7 Å². The van der Waals surface area contributed by atoms with Crippen molar-refractivity contribution in [2.75, 3.05) is 13.1 Å². The fraction of sp³-hybridized carbons (Fsp3) is 0.571. The third kappa shape index (κ3) is 2.70. The molecule has 1 aliphatic rings. The molecule has 1 aliphatic heterocycles. The summed E-state index contributed by atoms with van der Waals surface area (Å²) < 4.78 is 1.74. The van der Waals surface area contributed by atoms with Gasteiger partial charge in [0, 0.05) is 12.2 Å². The highest BCUT2D eigenvalue weighted by atomic mass is 16.1. The monoisotopic (exact) mass is 248 g/mol. The van der Waals surface area contributed by atoms with Crippen molar-refractivity contribution in [2.45, 2.75) is 33.2 Å². The maximum Gasteiger partial charge on any atom is 0.261 e. The first kappa shape index (κ1) is 13.0. The summed E-state index contributed by atoms with van der Waals surface area (Å²) >= 11 is 0. The molecule has 2 rings (SSSR count). The van der Waals surface area contributed by atoms with Gasteiger partial charge in [-0.05, 0) is 57.8 Å². The molecule has 18 heavy (non-hydrogen) atoms. The number of piperidine rings is 1. The minimum Gasteiger partial charge on any atom is -0.316 e. The standard InChI is InChI=1S/C14H20N2O2/c1-10-5-6-13(11(2)17)14(18)16(10)9-12-4-3-7-15-8-12/h5-6,12,15H,3-4,7-9H2,1-2H3. The van der Waals surface area contributed by atoms with Crippen molar-refractivity contribution in [3.8, 4) is 0 Å². The van der Waals surface area contributed by atoms with Crippen LogP contribution >= 0.6 is 0 Å². The Bertz CT molecular complexity index is 499. The lowest BCUT2D eigenvalue weighted by molar-refractivity contribution is 0.101. The van der Waals surface area contributed by atoms with Gasteiger partial charge in [-0.25, -0.2) is 0 Å². The molecular weight excluding hydrogens is 228 g/mol. The van der Waals surface area contributed by atoms with E-state index in [2.05, 4.69) is 5.32 Å². The lowest BCUT2D eigenvalue weighted by Gasteiger charge is -2.24. The SMILES string of the molecule is CC(=O)c1ccc(C)n(CC2CCCNC2)c1=O. The molecule has 0 aliphatic carbocycles. The molecule has 1 unspecified atom stereocenters. The number of ketones is 1. The number of rotatable bonds is 3.